The molecule has 2 heterocycles. The molecular weight excluding hydrogens is 242 g/mol. The average molecular weight is 253 g/mol. The maximum atomic E-state index is 10.4. The molecule has 94 valence electrons. The van der Waals surface area contributed by atoms with Crippen LogP contribution < -0.4 is 5.32 Å². The van der Waals surface area contributed by atoms with Gasteiger partial charge in [-0.3, -0.25) is 4.79 Å². The molecular formula is C13H11N5O. The van der Waals surface area contributed by atoms with Gasteiger partial charge in [0.1, 0.15) is 11.8 Å². The molecule has 0 aliphatic rings. The molecule has 0 fully saturated rings. The van der Waals surface area contributed by atoms with Crippen LogP contribution in [0.15, 0.2) is 43.1 Å². The minimum Gasteiger partial charge on any atom is -0.329 e. The van der Waals surface area contributed by atoms with Crippen LogP contribution in [0.2, 0.25) is 0 Å². The predicted molar refractivity (Wildman–Crippen MR) is 70.6 cm³/mol. The largest absolute Gasteiger partial charge is 0.329 e. The molecule has 0 bridgehead atoms. The Balaban J connectivity index is 1.92. The Morgan fingerprint density at radius 1 is 1.32 bits per heavy atom. The van der Waals surface area contributed by atoms with E-state index in [0.717, 1.165) is 22.4 Å². The number of anilines is 1. The van der Waals surface area contributed by atoms with Crippen molar-refractivity contribution in [2.24, 2.45) is 0 Å². The van der Waals surface area contributed by atoms with Crippen LogP contribution in [-0.4, -0.2) is 25.9 Å². The average Bonchev–Trinajstić information content (AvgIpc) is 2.83. The fraction of sp³-hybridized carbons (Fsp3) is 0.0769. The second-order valence-corrected chi connectivity index (χ2v) is 4.07. The van der Waals surface area contributed by atoms with E-state index in [2.05, 4.69) is 20.3 Å². The summed E-state index contributed by atoms with van der Waals surface area (Å²) in [6.45, 7) is 0.641. The first-order valence-electron chi connectivity index (χ1n) is 5.77. The minimum atomic E-state index is 0.641. The van der Waals surface area contributed by atoms with Crippen molar-refractivity contribution in [3.8, 4) is 0 Å². The Bertz CT molecular complexity index is 722. The van der Waals surface area contributed by atoms with Gasteiger partial charge in [-0.05, 0) is 17.7 Å². The highest BCUT2D eigenvalue weighted by molar-refractivity contribution is 5.71. The van der Waals surface area contributed by atoms with Gasteiger partial charge in [-0.25, -0.2) is 15.0 Å². The molecule has 6 nitrogen and oxygen atoms in total. The Labute approximate surface area is 109 Å². The van der Waals surface area contributed by atoms with Crippen LogP contribution in [0.4, 0.5) is 5.69 Å². The van der Waals surface area contributed by atoms with Crippen molar-refractivity contribution >= 4 is 23.3 Å². The van der Waals surface area contributed by atoms with Crippen LogP contribution in [0.1, 0.15) is 5.56 Å². The number of carbonyl (C=O) groups is 1. The Morgan fingerprint density at radius 2 is 2.26 bits per heavy atom. The number of hydrogen-bond donors (Lipinski definition) is 1. The maximum Gasteiger partial charge on any atom is 0.211 e. The summed E-state index contributed by atoms with van der Waals surface area (Å²) in [5.74, 6) is 0. The Morgan fingerprint density at radius 3 is 3.16 bits per heavy atom. The number of carbonyl (C=O) groups excluding carboxylic acids is 1. The zero-order chi connectivity index (χ0) is 13.1. The highest BCUT2D eigenvalue weighted by Gasteiger charge is 2.04. The lowest BCUT2D eigenvalue weighted by Gasteiger charge is -2.05. The maximum absolute atomic E-state index is 10.4. The fourth-order valence-electron chi connectivity index (χ4n) is 1.95. The first-order valence-corrected chi connectivity index (χ1v) is 5.77. The van der Waals surface area contributed by atoms with Gasteiger partial charge in [0.2, 0.25) is 6.41 Å². The number of fused-ring (bicyclic) bond motifs is 1. The van der Waals surface area contributed by atoms with E-state index in [-0.39, 0.29) is 0 Å². The third kappa shape index (κ3) is 2.28. The molecule has 6 heteroatoms. The minimum absolute atomic E-state index is 0.641. The molecule has 1 aromatic carbocycles. The summed E-state index contributed by atoms with van der Waals surface area (Å²) in [5.41, 5.74) is 3.39. The van der Waals surface area contributed by atoms with E-state index in [1.54, 1.807) is 12.5 Å². The number of nitrogens with zero attached hydrogens (tertiary/aromatic N) is 4. The van der Waals surface area contributed by atoms with E-state index in [1.165, 1.54) is 6.33 Å². The number of hydrogen-bond acceptors (Lipinski definition) is 4. The van der Waals surface area contributed by atoms with Gasteiger partial charge in [0.25, 0.3) is 0 Å². The standard InChI is InChI=1S/C13H11N5O/c19-9-17-11-3-1-2-10(4-11)6-18-8-16-12-5-14-7-15-13(12)18/h1-5,7-9H,6H2,(H,17,19). The number of aromatic nitrogens is 4. The number of amides is 1. The van der Waals surface area contributed by atoms with Gasteiger partial charge in [0, 0.05) is 5.69 Å². The van der Waals surface area contributed by atoms with Crippen molar-refractivity contribution in [2.75, 3.05) is 5.32 Å². The van der Waals surface area contributed by atoms with Crippen molar-refractivity contribution in [2.45, 2.75) is 6.54 Å². The smallest absolute Gasteiger partial charge is 0.211 e. The molecule has 3 rings (SSSR count). The predicted octanol–water partition coefficient (Wildman–Crippen LogP) is 1.44. The zero-order valence-corrected chi connectivity index (χ0v) is 10.0. The monoisotopic (exact) mass is 253 g/mol. The number of rotatable bonds is 4. The van der Waals surface area contributed by atoms with Crippen LogP contribution >= 0.6 is 0 Å². The topological polar surface area (TPSA) is 72.7 Å². The lowest BCUT2D eigenvalue weighted by molar-refractivity contribution is -0.105. The summed E-state index contributed by atoms with van der Waals surface area (Å²) >= 11 is 0. The van der Waals surface area contributed by atoms with Crippen LogP contribution in [0.5, 0.6) is 0 Å². The van der Waals surface area contributed by atoms with Crippen molar-refractivity contribution in [1.29, 1.82) is 0 Å². The Hall–Kier alpha value is -2.76. The molecule has 1 amide bonds. The second-order valence-electron chi connectivity index (χ2n) is 4.07. The fourth-order valence-corrected chi connectivity index (χ4v) is 1.95. The lowest BCUT2D eigenvalue weighted by atomic mass is 10.2. The van der Waals surface area contributed by atoms with E-state index >= 15 is 0 Å². The van der Waals surface area contributed by atoms with Crippen molar-refractivity contribution in [3.05, 3.63) is 48.7 Å². The lowest BCUT2D eigenvalue weighted by Crippen LogP contribution is -2.01. The Kier molecular flexibility index (Phi) is 2.89. The number of imidazole rings is 1. The van der Waals surface area contributed by atoms with Crippen molar-refractivity contribution in [1.82, 2.24) is 19.5 Å². The van der Waals surface area contributed by atoms with Gasteiger partial charge in [0.15, 0.2) is 5.65 Å². The molecule has 0 saturated heterocycles. The van der Waals surface area contributed by atoms with E-state index in [9.17, 15) is 4.79 Å². The molecule has 0 aliphatic heterocycles. The van der Waals surface area contributed by atoms with E-state index in [4.69, 9.17) is 0 Å². The molecule has 1 N–H and O–H groups in total. The zero-order valence-electron chi connectivity index (χ0n) is 10.0. The first-order chi connectivity index (χ1) is 9.36. The molecule has 0 aliphatic carbocycles. The molecule has 0 spiro atoms. The number of benzene rings is 1. The van der Waals surface area contributed by atoms with Gasteiger partial charge in [0.05, 0.1) is 19.1 Å². The molecule has 2 aromatic heterocycles. The molecule has 0 atom stereocenters. The first kappa shape index (κ1) is 11.3. The van der Waals surface area contributed by atoms with E-state index in [1.807, 2.05) is 28.8 Å². The number of nitrogens with one attached hydrogen (secondary N) is 1. The molecule has 0 unspecified atom stereocenters. The summed E-state index contributed by atoms with van der Waals surface area (Å²) in [4.78, 5) is 22.8. The molecule has 19 heavy (non-hydrogen) atoms. The van der Waals surface area contributed by atoms with Crippen LogP contribution in [-0.2, 0) is 11.3 Å². The summed E-state index contributed by atoms with van der Waals surface area (Å²) in [5, 5.41) is 2.63. The quantitative estimate of drug-likeness (QED) is 0.714. The van der Waals surface area contributed by atoms with Gasteiger partial charge in [-0.15, -0.1) is 0 Å². The third-order valence-corrected chi connectivity index (χ3v) is 2.79. The van der Waals surface area contributed by atoms with Gasteiger partial charge in [-0.2, -0.15) is 0 Å². The SMILES string of the molecule is O=CNc1cccc(Cn2cnc3cncnc32)c1. The van der Waals surface area contributed by atoms with E-state index < -0.39 is 0 Å². The molecule has 0 saturated carbocycles. The van der Waals surface area contributed by atoms with Crippen molar-refractivity contribution in [3.63, 3.8) is 0 Å². The third-order valence-electron chi connectivity index (χ3n) is 2.79. The van der Waals surface area contributed by atoms with Crippen LogP contribution in [0.3, 0.4) is 0 Å². The summed E-state index contributed by atoms with van der Waals surface area (Å²) in [6.07, 6.45) is 5.59. The second kappa shape index (κ2) is 4.85. The summed E-state index contributed by atoms with van der Waals surface area (Å²) in [6, 6.07) is 7.64. The van der Waals surface area contributed by atoms with Gasteiger partial charge in [-0.1, -0.05) is 12.1 Å². The normalized spacial score (nSPS) is 10.5. The highest BCUT2D eigenvalue weighted by Crippen LogP contribution is 2.14. The van der Waals surface area contributed by atoms with Crippen molar-refractivity contribution < 1.29 is 4.79 Å². The van der Waals surface area contributed by atoms with Crippen LogP contribution in [0.25, 0.3) is 11.2 Å². The van der Waals surface area contributed by atoms with Gasteiger partial charge >= 0.3 is 0 Å². The van der Waals surface area contributed by atoms with Crippen LogP contribution in [0, 0.1) is 0 Å². The summed E-state index contributed by atoms with van der Waals surface area (Å²) in [7, 11) is 0. The van der Waals surface area contributed by atoms with Gasteiger partial charge < -0.3 is 9.88 Å². The molecule has 0 radical (unpaired) electrons. The summed E-state index contributed by atoms with van der Waals surface area (Å²) < 4.78 is 1.94. The highest BCUT2D eigenvalue weighted by atomic mass is 16.1. The van der Waals surface area contributed by atoms with E-state index in [0.29, 0.717) is 13.0 Å². The molecule has 3 aromatic rings.